The Kier molecular flexibility index (Phi) is 3.60. The molecule has 1 N–H and O–H groups in total. The Labute approximate surface area is 88.8 Å². The predicted molar refractivity (Wildman–Crippen MR) is 56.7 cm³/mol. The number of carboxylic acids is 1. The van der Waals surface area contributed by atoms with Gasteiger partial charge in [0, 0.05) is 18.4 Å². The summed E-state index contributed by atoms with van der Waals surface area (Å²) in [5.41, 5.74) is 0. The minimum atomic E-state index is -0.866. The molecule has 0 fully saturated rings. The van der Waals surface area contributed by atoms with E-state index in [4.69, 9.17) is 5.11 Å². The van der Waals surface area contributed by atoms with Crippen LogP contribution in [-0.2, 0) is 4.79 Å². The zero-order valence-corrected chi connectivity index (χ0v) is 9.08. The molecule has 1 atom stereocenters. The first-order valence-corrected chi connectivity index (χ1v) is 4.81. The van der Waals surface area contributed by atoms with E-state index in [1.165, 1.54) is 0 Å². The fourth-order valence-electron chi connectivity index (χ4n) is 1.45. The molecule has 0 bridgehead atoms. The van der Waals surface area contributed by atoms with Gasteiger partial charge in [-0.15, -0.1) is 0 Å². The molecule has 0 saturated heterocycles. The van der Waals surface area contributed by atoms with Crippen LogP contribution in [0.3, 0.4) is 0 Å². The molecule has 0 aliphatic heterocycles. The quantitative estimate of drug-likeness (QED) is 0.806. The average molecular weight is 209 g/mol. The van der Waals surface area contributed by atoms with E-state index < -0.39 is 12.0 Å². The van der Waals surface area contributed by atoms with Gasteiger partial charge in [0.25, 0.3) is 0 Å². The molecule has 0 spiro atoms. The molecular formula is C10H15N3O2. The number of carboxylic acid groups (broad SMARTS) is 1. The van der Waals surface area contributed by atoms with E-state index in [2.05, 4.69) is 9.97 Å². The Balaban J connectivity index is 2.99. The molecule has 0 saturated carbocycles. The molecule has 15 heavy (non-hydrogen) atoms. The number of hydrogen-bond acceptors (Lipinski definition) is 4. The van der Waals surface area contributed by atoms with Crippen molar-refractivity contribution in [2.24, 2.45) is 0 Å². The van der Waals surface area contributed by atoms with Crippen LogP contribution in [0.15, 0.2) is 18.6 Å². The van der Waals surface area contributed by atoms with Crippen molar-refractivity contribution >= 4 is 11.8 Å². The number of hydrogen-bond donors (Lipinski definition) is 1. The molecule has 1 rings (SSSR count). The van der Waals surface area contributed by atoms with Crippen molar-refractivity contribution in [2.75, 3.05) is 4.90 Å². The molecule has 1 aromatic rings. The minimum absolute atomic E-state index is 0.0628. The van der Waals surface area contributed by atoms with Crippen molar-refractivity contribution in [3.05, 3.63) is 18.6 Å². The lowest BCUT2D eigenvalue weighted by atomic mass is 10.2. The molecule has 0 aliphatic carbocycles. The summed E-state index contributed by atoms with van der Waals surface area (Å²) in [5, 5.41) is 8.97. The summed E-state index contributed by atoms with van der Waals surface area (Å²) in [6.45, 7) is 5.49. The van der Waals surface area contributed by atoms with E-state index in [0.717, 1.165) is 0 Å². The lowest BCUT2D eigenvalue weighted by Crippen LogP contribution is -2.44. The van der Waals surface area contributed by atoms with Crippen LogP contribution in [-0.4, -0.2) is 33.1 Å². The maximum absolute atomic E-state index is 10.9. The number of anilines is 1. The van der Waals surface area contributed by atoms with Gasteiger partial charge in [-0.2, -0.15) is 0 Å². The third kappa shape index (κ3) is 2.65. The first-order chi connectivity index (χ1) is 7.04. The Morgan fingerprint density at radius 3 is 2.47 bits per heavy atom. The monoisotopic (exact) mass is 209 g/mol. The zero-order chi connectivity index (χ0) is 11.4. The summed E-state index contributed by atoms with van der Waals surface area (Å²) >= 11 is 0. The first-order valence-electron chi connectivity index (χ1n) is 4.81. The maximum Gasteiger partial charge on any atom is 0.326 e. The fraction of sp³-hybridized carbons (Fsp3) is 0.500. The normalized spacial score (nSPS) is 12.5. The lowest BCUT2D eigenvalue weighted by molar-refractivity contribution is -0.138. The average Bonchev–Trinajstić information content (AvgIpc) is 2.18. The molecule has 1 unspecified atom stereocenters. The summed E-state index contributed by atoms with van der Waals surface area (Å²) in [6, 6.07) is -0.547. The van der Waals surface area contributed by atoms with E-state index in [9.17, 15) is 4.79 Å². The van der Waals surface area contributed by atoms with Gasteiger partial charge in [-0.05, 0) is 20.8 Å². The van der Waals surface area contributed by atoms with E-state index >= 15 is 0 Å². The van der Waals surface area contributed by atoms with E-state index in [1.54, 1.807) is 30.4 Å². The van der Waals surface area contributed by atoms with Crippen LogP contribution < -0.4 is 4.90 Å². The Bertz CT molecular complexity index is 327. The maximum atomic E-state index is 10.9. The van der Waals surface area contributed by atoms with Crippen molar-refractivity contribution in [1.82, 2.24) is 9.97 Å². The lowest BCUT2D eigenvalue weighted by Gasteiger charge is -2.30. The minimum Gasteiger partial charge on any atom is -0.480 e. The SMILES string of the molecule is CC(C)N(c1cnccn1)C(C)C(=O)O. The molecule has 0 amide bonds. The summed E-state index contributed by atoms with van der Waals surface area (Å²) in [7, 11) is 0. The summed E-state index contributed by atoms with van der Waals surface area (Å²) in [5.74, 6) is -0.281. The highest BCUT2D eigenvalue weighted by atomic mass is 16.4. The summed E-state index contributed by atoms with van der Waals surface area (Å²) < 4.78 is 0. The van der Waals surface area contributed by atoms with Crippen LogP contribution in [0, 0.1) is 0 Å². The standard InChI is InChI=1S/C10H15N3O2/c1-7(2)13(8(3)10(14)15)9-6-11-4-5-12-9/h4-8H,1-3H3,(H,14,15). The van der Waals surface area contributed by atoms with Gasteiger partial charge in [0.05, 0.1) is 6.20 Å². The Hall–Kier alpha value is -1.65. The number of aromatic nitrogens is 2. The van der Waals surface area contributed by atoms with Gasteiger partial charge in [-0.25, -0.2) is 9.78 Å². The highest BCUT2D eigenvalue weighted by Crippen LogP contribution is 2.15. The van der Waals surface area contributed by atoms with Gasteiger partial charge in [0.1, 0.15) is 11.9 Å². The molecule has 82 valence electrons. The van der Waals surface area contributed by atoms with Crippen molar-refractivity contribution in [3.8, 4) is 0 Å². The summed E-state index contributed by atoms with van der Waals surface area (Å²) in [4.78, 5) is 20.7. The topological polar surface area (TPSA) is 66.3 Å². The Morgan fingerprint density at radius 2 is 2.07 bits per heavy atom. The van der Waals surface area contributed by atoms with Crippen LogP contribution >= 0.6 is 0 Å². The van der Waals surface area contributed by atoms with Gasteiger partial charge in [0.2, 0.25) is 0 Å². The number of carbonyl (C=O) groups is 1. The van der Waals surface area contributed by atoms with Gasteiger partial charge in [0.15, 0.2) is 0 Å². The smallest absolute Gasteiger partial charge is 0.326 e. The second-order valence-electron chi connectivity index (χ2n) is 3.58. The molecule has 1 heterocycles. The van der Waals surface area contributed by atoms with Crippen molar-refractivity contribution < 1.29 is 9.90 Å². The first kappa shape index (κ1) is 11.4. The second kappa shape index (κ2) is 4.72. The van der Waals surface area contributed by atoms with E-state index in [1.807, 2.05) is 13.8 Å². The summed E-state index contributed by atoms with van der Waals surface area (Å²) in [6.07, 6.45) is 4.69. The van der Waals surface area contributed by atoms with Gasteiger partial charge >= 0.3 is 5.97 Å². The van der Waals surface area contributed by atoms with Crippen LogP contribution in [0.25, 0.3) is 0 Å². The highest BCUT2D eigenvalue weighted by Gasteiger charge is 2.24. The predicted octanol–water partition coefficient (Wildman–Crippen LogP) is 1.16. The van der Waals surface area contributed by atoms with Gasteiger partial charge in [-0.1, -0.05) is 0 Å². The third-order valence-electron chi connectivity index (χ3n) is 2.15. The van der Waals surface area contributed by atoms with Gasteiger partial charge in [-0.3, -0.25) is 4.98 Å². The number of nitrogens with zero attached hydrogens (tertiary/aromatic N) is 3. The largest absolute Gasteiger partial charge is 0.480 e. The van der Waals surface area contributed by atoms with Crippen molar-refractivity contribution in [3.63, 3.8) is 0 Å². The molecule has 5 heteroatoms. The van der Waals surface area contributed by atoms with Gasteiger partial charge < -0.3 is 10.0 Å². The Morgan fingerprint density at radius 1 is 1.40 bits per heavy atom. The fourth-order valence-corrected chi connectivity index (χ4v) is 1.45. The molecule has 5 nitrogen and oxygen atoms in total. The van der Waals surface area contributed by atoms with Crippen molar-refractivity contribution in [2.45, 2.75) is 32.9 Å². The van der Waals surface area contributed by atoms with Crippen LogP contribution in [0.2, 0.25) is 0 Å². The van der Waals surface area contributed by atoms with Crippen LogP contribution in [0.1, 0.15) is 20.8 Å². The molecule has 0 aromatic carbocycles. The number of aliphatic carboxylic acids is 1. The third-order valence-corrected chi connectivity index (χ3v) is 2.15. The van der Waals surface area contributed by atoms with Crippen LogP contribution in [0.4, 0.5) is 5.82 Å². The zero-order valence-electron chi connectivity index (χ0n) is 9.08. The van der Waals surface area contributed by atoms with Crippen LogP contribution in [0.5, 0.6) is 0 Å². The molecular weight excluding hydrogens is 194 g/mol. The molecule has 0 aliphatic rings. The van der Waals surface area contributed by atoms with E-state index in [-0.39, 0.29) is 6.04 Å². The second-order valence-corrected chi connectivity index (χ2v) is 3.58. The highest BCUT2D eigenvalue weighted by molar-refractivity contribution is 5.77. The van der Waals surface area contributed by atoms with E-state index in [0.29, 0.717) is 5.82 Å². The number of rotatable bonds is 4. The molecule has 0 radical (unpaired) electrons. The molecule has 1 aromatic heterocycles. The van der Waals surface area contributed by atoms with Crippen molar-refractivity contribution in [1.29, 1.82) is 0 Å².